The number of piperazine rings is 1. The Morgan fingerprint density at radius 2 is 1.68 bits per heavy atom. The molecule has 1 fully saturated rings. The number of sulfonamides is 1. The van der Waals surface area contributed by atoms with Crippen LogP contribution in [0.2, 0.25) is 0 Å². The Morgan fingerprint density at radius 1 is 0.968 bits per heavy atom. The van der Waals surface area contributed by atoms with E-state index < -0.39 is 21.7 Å². The number of hydrogen-bond acceptors (Lipinski definition) is 6. The maximum absolute atomic E-state index is 13.4. The highest BCUT2D eigenvalue weighted by Gasteiger charge is 2.30. The second kappa shape index (κ2) is 8.47. The summed E-state index contributed by atoms with van der Waals surface area (Å²) < 4.78 is 54.5. The van der Waals surface area contributed by atoms with Gasteiger partial charge in [-0.25, -0.2) is 21.9 Å². The Bertz CT molecular complexity index is 1180. The lowest BCUT2D eigenvalue weighted by molar-refractivity contribution is -0.131. The molecule has 4 rings (SSSR count). The van der Waals surface area contributed by atoms with Crippen LogP contribution >= 0.6 is 0 Å². The van der Waals surface area contributed by atoms with E-state index in [-0.39, 0.29) is 43.4 Å². The van der Waals surface area contributed by atoms with Gasteiger partial charge in [0.1, 0.15) is 6.33 Å². The molecule has 2 aromatic carbocycles. The van der Waals surface area contributed by atoms with Gasteiger partial charge in [-0.05, 0) is 46.3 Å². The zero-order valence-corrected chi connectivity index (χ0v) is 17.0. The molecule has 0 atom stereocenters. The van der Waals surface area contributed by atoms with Crippen LogP contribution in [0.4, 0.5) is 8.78 Å². The van der Waals surface area contributed by atoms with Gasteiger partial charge in [0.05, 0.1) is 17.0 Å². The topological polar surface area (TPSA) is 101 Å². The quantitative estimate of drug-likeness (QED) is 0.578. The number of halogens is 2. The minimum Gasteiger partial charge on any atom is -0.340 e. The largest absolute Gasteiger partial charge is 0.340 e. The number of carbonyl (C=O) groups excluding carboxylic acids is 1. The van der Waals surface area contributed by atoms with E-state index in [1.54, 1.807) is 29.2 Å². The molecule has 0 aliphatic carbocycles. The molecule has 0 N–H and O–H groups in total. The average Bonchev–Trinajstić information content (AvgIpc) is 3.31. The summed E-state index contributed by atoms with van der Waals surface area (Å²) in [5.74, 6) is -2.46. The molecule has 1 amide bonds. The second-order valence-corrected chi connectivity index (χ2v) is 8.90. The predicted molar refractivity (Wildman–Crippen MR) is 105 cm³/mol. The van der Waals surface area contributed by atoms with E-state index >= 15 is 0 Å². The van der Waals surface area contributed by atoms with E-state index in [1.807, 2.05) is 0 Å². The van der Waals surface area contributed by atoms with Crippen molar-refractivity contribution < 1.29 is 22.0 Å². The maximum atomic E-state index is 13.4. The maximum Gasteiger partial charge on any atom is 0.243 e. The van der Waals surface area contributed by atoms with Gasteiger partial charge in [-0.2, -0.15) is 4.31 Å². The van der Waals surface area contributed by atoms with Crippen molar-refractivity contribution in [3.63, 3.8) is 0 Å². The summed E-state index contributed by atoms with van der Waals surface area (Å²) in [6.45, 7) is 0.575. The third kappa shape index (κ3) is 4.44. The molecule has 1 saturated heterocycles. The third-order valence-corrected chi connectivity index (χ3v) is 6.92. The smallest absolute Gasteiger partial charge is 0.243 e. The molecule has 1 aliphatic heterocycles. The van der Waals surface area contributed by atoms with E-state index in [1.165, 1.54) is 15.3 Å². The molecule has 12 heteroatoms. The van der Waals surface area contributed by atoms with Gasteiger partial charge in [0.15, 0.2) is 11.6 Å². The van der Waals surface area contributed by atoms with Gasteiger partial charge in [0, 0.05) is 26.2 Å². The normalized spacial score (nSPS) is 15.2. The summed E-state index contributed by atoms with van der Waals surface area (Å²) in [6.07, 6.45) is 1.64. The fourth-order valence-electron chi connectivity index (χ4n) is 3.30. The van der Waals surface area contributed by atoms with Crippen molar-refractivity contribution in [2.75, 3.05) is 26.2 Å². The number of carbonyl (C=O) groups is 1. The van der Waals surface area contributed by atoms with Gasteiger partial charge in [-0.1, -0.05) is 12.1 Å². The summed E-state index contributed by atoms with van der Waals surface area (Å²) in [6, 6.07) is 9.69. The molecule has 1 aromatic heterocycles. The third-order valence-electron chi connectivity index (χ3n) is 5.03. The van der Waals surface area contributed by atoms with Crippen LogP contribution in [-0.4, -0.2) is 69.9 Å². The molecule has 9 nitrogen and oxygen atoms in total. The standard InChI is InChI=1S/C19H18F2N6O3S/c20-17-6-5-16(12-18(17)21)31(29,30)26-9-7-25(8-10-26)19(28)11-14-1-3-15(4-2-14)27-13-22-23-24-27/h1-6,12-13H,7-11H2. The molecule has 0 bridgehead atoms. The Kier molecular flexibility index (Phi) is 5.74. The number of hydrogen-bond donors (Lipinski definition) is 0. The SMILES string of the molecule is O=C(Cc1ccc(-n2cnnn2)cc1)N1CCN(S(=O)(=O)c2ccc(F)c(F)c2)CC1. The van der Waals surface area contributed by atoms with Crippen LogP contribution in [-0.2, 0) is 21.2 Å². The van der Waals surface area contributed by atoms with E-state index in [9.17, 15) is 22.0 Å². The van der Waals surface area contributed by atoms with E-state index in [4.69, 9.17) is 0 Å². The van der Waals surface area contributed by atoms with Crippen molar-refractivity contribution in [2.45, 2.75) is 11.3 Å². The first kappa shape index (κ1) is 21.0. The molecule has 1 aliphatic rings. The Labute approximate surface area is 176 Å². The zero-order valence-electron chi connectivity index (χ0n) is 16.2. The van der Waals surface area contributed by atoms with Crippen molar-refractivity contribution in [1.82, 2.24) is 29.4 Å². The summed E-state index contributed by atoms with van der Waals surface area (Å²) >= 11 is 0. The zero-order chi connectivity index (χ0) is 22.0. The summed E-state index contributed by atoms with van der Waals surface area (Å²) in [4.78, 5) is 13.9. The Hall–Kier alpha value is -3.25. The first-order valence-electron chi connectivity index (χ1n) is 9.40. The molecule has 0 unspecified atom stereocenters. The van der Waals surface area contributed by atoms with Crippen molar-refractivity contribution in [1.29, 1.82) is 0 Å². The summed E-state index contributed by atoms with van der Waals surface area (Å²) in [5, 5.41) is 10.9. The fraction of sp³-hybridized carbons (Fsp3) is 0.263. The first-order valence-corrected chi connectivity index (χ1v) is 10.8. The van der Waals surface area contributed by atoms with Gasteiger partial charge >= 0.3 is 0 Å². The van der Waals surface area contributed by atoms with Crippen LogP contribution < -0.4 is 0 Å². The van der Waals surface area contributed by atoms with Crippen LogP contribution in [0.1, 0.15) is 5.56 Å². The van der Waals surface area contributed by atoms with Crippen molar-refractivity contribution in [2.24, 2.45) is 0 Å². The molecule has 3 aromatic rings. The minimum absolute atomic E-state index is 0.0747. The summed E-state index contributed by atoms with van der Waals surface area (Å²) in [7, 11) is -3.97. The number of benzene rings is 2. The first-order chi connectivity index (χ1) is 14.8. The Morgan fingerprint density at radius 3 is 2.29 bits per heavy atom. The molecule has 162 valence electrons. The lowest BCUT2D eigenvalue weighted by Crippen LogP contribution is -2.50. The number of amides is 1. The van der Waals surface area contributed by atoms with Gasteiger partial charge < -0.3 is 4.90 Å². The summed E-state index contributed by atoms with van der Waals surface area (Å²) in [5.41, 5.74) is 1.57. The molecule has 0 spiro atoms. The molecular formula is C19H18F2N6O3S. The lowest BCUT2D eigenvalue weighted by atomic mass is 10.1. The average molecular weight is 448 g/mol. The molecule has 0 radical (unpaired) electrons. The molecule has 0 saturated carbocycles. The number of aromatic nitrogens is 4. The number of nitrogens with zero attached hydrogens (tertiary/aromatic N) is 6. The van der Waals surface area contributed by atoms with Crippen LogP contribution in [0.15, 0.2) is 53.7 Å². The van der Waals surface area contributed by atoms with Crippen molar-refractivity contribution >= 4 is 15.9 Å². The van der Waals surface area contributed by atoms with Gasteiger partial charge in [-0.15, -0.1) is 5.10 Å². The van der Waals surface area contributed by atoms with Crippen LogP contribution in [0.5, 0.6) is 0 Å². The van der Waals surface area contributed by atoms with Gasteiger partial charge in [0.25, 0.3) is 0 Å². The van der Waals surface area contributed by atoms with Crippen LogP contribution in [0, 0.1) is 11.6 Å². The highest BCUT2D eigenvalue weighted by atomic mass is 32.2. The predicted octanol–water partition coefficient (Wildman–Crippen LogP) is 1.02. The van der Waals surface area contributed by atoms with Crippen LogP contribution in [0.3, 0.4) is 0 Å². The number of rotatable bonds is 5. The lowest BCUT2D eigenvalue weighted by Gasteiger charge is -2.34. The molecular weight excluding hydrogens is 430 g/mol. The fourth-order valence-corrected chi connectivity index (χ4v) is 4.73. The van der Waals surface area contributed by atoms with Crippen LogP contribution in [0.25, 0.3) is 5.69 Å². The van der Waals surface area contributed by atoms with E-state index in [2.05, 4.69) is 15.5 Å². The van der Waals surface area contributed by atoms with Crippen molar-refractivity contribution in [3.8, 4) is 5.69 Å². The second-order valence-electron chi connectivity index (χ2n) is 6.96. The van der Waals surface area contributed by atoms with Gasteiger partial charge in [-0.3, -0.25) is 4.79 Å². The highest BCUT2D eigenvalue weighted by Crippen LogP contribution is 2.20. The number of tetrazole rings is 1. The Balaban J connectivity index is 1.36. The van der Waals surface area contributed by atoms with E-state index in [0.29, 0.717) is 6.07 Å². The van der Waals surface area contributed by atoms with Crippen molar-refractivity contribution in [3.05, 3.63) is 66.0 Å². The minimum atomic E-state index is -3.97. The monoisotopic (exact) mass is 448 g/mol. The molecule has 2 heterocycles. The van der Waals surface area contributed by atoms with E-state index in [0.717, 1.165) is 23.4 Å². The van der Waals surface area contributed by atoms with Gasteiger partial charge in [0.2, 0.25) is 15.9 Å². The highest BCUT2D eigenvalue weighted by molar-refractivity contribution is 7.89. The molecule has 31 heavy (non-hydrogen) atoms.